The smallest absolute Gasteiger partial charge is 0.244 e. The standard InChI is InChI=1S/C16H23N3O3/c17-11-16(21)5-8-19(9-6-16)15(20)14-12-3-1-2-4-13(12)22-10-7-18-14/h1-4,14,18,21H,5-11,17H2. The number of carbonyl (C=O) groups excluding carboxylic acids is 1. The van der Waals surface area contributed by atoms with Gasteiger partial charge in [-0.25, -0.2) is 0 Å². The highest BCUT2D eigenvalue weighted by atomic mass is 16.5. The predicted molar refractivity (Wildman–Crippen MR) is 82.5 cm³/mol. The summed E-state index contributed by atoms with van der Waals surface area (Å²) in [5, 5.41) is 13.5. The molecular weight excluding hydrogens is 282 g/mol. The first-order chi connectivity index (χ1) is 10.6. The number of amides is 1. The molecule has 6 heteroatoms. The van der Waals surface area contributed by atoms with E-state index in [1.54, 1.807) is 0 Å². The Bertz CT molecular complexity index is 541. The fourth-order valence-corrected chi connectivity index (χ4v) is 3.08. The first-order valence-corrected chi connectivity index (χ1v) is 7.79. The second kappa shape index (κ2) is 6.24. The van der Waals surface area contributed by atoms with E-state index in [0.717, 1.165) is 11.3 Å². The van der Waals surface area contributed by atoms with Crippen LogP contribution in [0, 0.1) is 0 Å². The Balaban J connectivity index is 1.75. The van der Waals surface area contributed by atoms with Gasteiger partial charge in [-0.1, -0.05) is 18.2 Å². The van der Waals surface area contributed by atoms with Gasteiger partial charge in [-0.05, 0) is 18.9 Å². The van der Waals surface area contributed by atoms with E-state index in [4.69, 9.17) is 10.5 Å². The number of ether oxygens (including phenoxy) is 1. The lowest BCUT2D eigenvalue weighted by Crippen LogP contribution is -2.52. The minimum absolute atomic E-state index is 0.0389. The van der Waals surface area contributed by atoms with Gasteiger partial charge in [0.05, 0.1) is 5.60 Å². The fraction of sp³-hybridized carbons (Fsp3) is 0.562. The molecule has 1 unspecified atom stereocenters. The predicted octanol–water partition coefficient (Wildman–Crippen LogP) is 0.0219. The Kier molecular flexibility index (Phi) is 4.33. The van der Waals surface area contributed by atoms with E-state index < -0.39 is 5.60 Å². The van der Waals surface area contributed by atoms with Crippen LogP contribution in [0.4, 0.5) is 0 Å². The van der Waals surface area contributed by atoms with Gasteiger partial charge in [-0.3, -0.25) is 10.1 Å². The lowest BCUT2D eigenvalue weighted by atomic mass is 9.91. The number of nitrogens with one attached hydrogen (secondary N) is 1. The van der Waals surface area contributed by atoms with Crippen molar-refractivity contribution in [3.63, 3.8) is 0 Å². The normalized spacial score (nSPS) is 24.1. The zero-order valence-electron chi connectivity index (χ0n) is 12.6. The number of benzene rings is 1. The maximum absolute atomic E-state index is 12.9. The summed E-state index contributed by atoms with van der Waals surface area (Å²) in [6.07, 6.45) is 1.06. The van der Waals surface area contributed by atoms with Crippen LogP contribution < -0.4 is 15.8 Å². The van der Waals surface area contributed by atoms with Crippen molar-refractivity contribution in [2.45, 2.75) is 24.5 Å². The van der Waals surface area contributed by atoms with Gasteiger partial charge < -0.3 is 20.5 Å². The molecule has 1 atom stereocenters. The summed E-state index contributed by atoms with van der Waals surface area (Å²) >= 11 is 0. The van der Waals surface area contributed by atoms with Crippen molar-refractivity contribution >= 4 is 5.91 Å². The van der Waals surface area contributed by atoms with Crippen molar-refractivity contribution in [1.82, 2.24) is 10.2 Å². The average molecular weight is 305 g/mol. The Morgan fingerprint density at radius 1 is 1.41 bits per heavy atom. The van der Waals surface area contributed by atoms with Crippen LogP contribution in [0.3, 0.4) is 0 Å². The van der Waals surface area contributed by atoms with Crippen LogP contribution in [-0.2, 0) is 4.79 Å². The number of aliphatic hydroxyl groups is 1. The highest BCUT2D eigenvalue weighted by Gasteiger charge is 2.36. The van der Waals surface area contributed by atoms with Crippen molar-refractivity contribution in [3.8, 4) is 5.75 Å². The Morgan fingerprint density at radius 3 is 2.86 bits per heavy atom. The molecule has 0 radical (unpaired) electrons. The van der Waals surface area contributed by atoms with Crippen LogP contribution >= 0.6 is 0 Å². The van der Waals surface area contributed by atoms with Gasteiger partial charge in [0, 0.05) is 31.7 Å². The number of nitrogens with zero attached hydrogens (tertiary/aromatic N) is 1. The molecule has 0 aliphatic carbocycles. The van der Waals surface area contributed by atoms with E-state index in [2.05, 4.69) is 5.32 Å². The van der Waals surface area contributed by atoms with Gasteiger partial charge in [0.1, 0.15) is 18.4 Å². The minimum atomic E-state index is -0.825. The number of fused-ring (bicyclic) bond motifs is 1. The molecule has 22 heavy (non-hydrogen) atoms. The molecule has 1 amide bonds. The Labute approximate surface area is 130 Å². The number of carbonyl (C=O) groups is 1. The summed E-state index contributed by atoms with van der Waals surface area (Å²) in [7, 11) is 0. The van der Waals surface area contributed by atoms with Crippen LogP contribution in [0.25, 0.3) is 0 Å². The summed E-state index contributed by atoms with van der Waals surface area (Å²) in [4.78, 5) is 14.7. The van der Waals surface area contributed by atoms with Gasteiger partial charge in [0.15, 0.2) is 0 Å². The summed E-state index contributed by atoms with van der Waals surface area (Å²) in [5.74, 6) is 0.804. The average Bonchev–Trinajstić information content (AvgIpc) is 2.77. The number of rotatable bonds is 2. The summed E-state index contributed by atoms with van der Waals surface area (Å²) in [5.41, 5.74) is 5.66. The molecule has 6 nitrogen and oxygen atoms in total. The van der Waals surface area contributed by atoms with E-state index in [1.807, 2.05) is 29.2 Å². The number of piperidine rings is 1. The van der Waals surface area contributed by atoms with Gasteiger partial charge >= 0.3 is 0 Å². The second-order valence-corrected chi connectivity index (χ2v) is 6.03. The Morgan fingerprint density at radius 2 is 2.14 bits per heavy atom. The third-order valence-electron chi connectivity index (χ3n) is 4.57. The zero-order valence-corrected chi connectivity index (χ0v) is 12.6. The van der Waals surface area contributed by atoms with Crippen molar-refractivity contribution in [2.24, 2.45) is 5.73 Å². The van der Waals surface area contributed by atoms with Crippen LogP contribution in [0.1, 0.15) is 24.4 Å². The topological polar surface area (TPSA) is 87.8 Å². The highest BCUT2D eigenvalue weighted by molar-refractivity contribution is 5.84. The molecule has 2 aliphatic rings. The SMILES string of the molecule is NCC1(O)CCN(C(=O)C2NCCOc3ccccc32)CC1. The third kappa shape index (κ3) is 2.95. The fourth-order valence-electron chi connectivity index (χ4n) is 3.08. The monoisotopic (exact) mass is 305 g/mol. The lowest BCUT2D eigenvalue weighted by Gasteiger charge is -2.38. The van der Waals surface area contributed by atoms with Gasteiger partial charge in [0.2, 0.25) is 5.91 Å². The number of para-hydroxylation sites is 1. The van der Waals surface area contributed by atoms with Crippen LogP contribution in [0.15, 0.2) is 24.3 Å². The van der Waals surface area contributed by atoms with Gasteiger partial charge in [0.25, 0.3) is 0 Å². The number of hydrogen-bond donors (Lipinski definition) is 3. The largest absolute Gasteiger partial charge is 0.492 e. The Hall–Kier alpha value is -1.63. The lowest BCUT2D eigenvalue weighted by molar-refractivity contribution is -0.137. The van der Waals surface area contributed by atoms with E-state index in [-0.39, 0.29) is 18.5 Å². The van der Waals surface area contributed by atoms with Crippen molar-refractivity contribution < 1.29 is 14.6 Å². The van der Waals surface area contributed by atoms with E-state index in [0.29, 0.717) is 39.1 Å². The molecule has 0 bridgehead atoms. The molecule has 3 rings (SSSR count). The molecule has 1 saturated heterocycles. The minimum Gasteiger partial charge on any atom is -0.492 e. The molecular formula is C16H23N3O3. The number of hydrogen-bond acceptors (Lipinski definition) is 5. The van der Waals surface area contributed by atoms with Crippen molar-refractivity contribution in [3.05, 3.63) is 29.8 Å². The van der Waals surface area contributed by atoms with E-state index in [9.17, 15) is 9.90 Å². The van der Waals surface area contributed by atoms with Gasteiger partial charge in [-0.15, -0.1) is 0 Å². The first kappa shape index (κ1) is 15.3. The summed E-state index contributed by atoms with van der Waals surface area (Å²) < 4.78 is 5.68. The maximum atomic E-state index is 12.9. The molecule has 0 saturated carbocycles. The summed E-state index contributed by atoms with van der Waals surface area (Å²) in [6.45, 7) is 2.49. The molecule has 2 heterocycles. The zero-order chi connectivity index (χ0) is 15.6. The van der Waals surface area contributed by atoms with Crippen LogP contribution in [0.5, 0.6) is 5.75 Å². The van der Waals surface area contributed by atoms with Crippen LogP contribution in [0.2, 0.25) is 0 Å². The highest BCUT2D eigenvalue weighted by Crippen LogP contribution is 2.30. The maximum Gasteiger partial charge on any atom is 0.244 e. The molecule has 4 N–H and O–H groups in total. The van der Waals surface area contributed by atoms with Gasteiger partial charge in [-0.2, -0.15) is 0 Å². The molecule has 2 aliphatic heterocycles. The molecule has 0 spiro atoms. The number of likely N-dealkylation sites (tertiary alicyclic amines) is 1. The first-order valence-electron chi connectivity index (χ1n) is 7.79. The van der Waals surface area contributed by atoms with Crippen molar-refractivity contribution in [2.75, 3.05) is 32.8 Å². The van der Waals surface area contributed by atoms with E-state index >= 15 is 0 Å². The second-order valence-electron chi connectivity index (χ2n) is 6.03. The molecule has 1 aromatic carbocycles. The quantitative estimate of drug-likeness (QED) is 0.717. The third-order valence-corrected chi connectivity index (χ3v) is 4.57. The molecule has 1 fully saturated rings. The van der Waals surface area contributed by atoms with Crippen LogP contribution in [-0.4, -0.2) is 54.3 Å². The number of nitrogens with two attached hydrogens (primary N) is 1. The van der Waals surface area contributed by atoms with E-state index in [1.165, 1.54) is 0 Å². The molecule has 120 valence electrons. The molecule has 0 aromatic heterocycles. The molecule has 1 aromatic rings. The van der Waals surface area contributed by atoms with Crippen molar-refractivity contribution in [1.29, 1.82) is 0 Å². The summed E-state index contributed by atoms with van der Waals surface area (Å²) in [6, 6.07) is 7.26.